The van der Waals surface area contributed by atoms with Crippen LogP contribution in [0.2, 0.25) is 5.28 Å². The summed E-state index contributed by atoms with van der Waals surface area (Å²) in [5.74, 6) is 1.43. The van der Waals surface area contributed by atoms with Gasteiger partial charge in [0.15, 0.2) is 11.6 Å². The molecule has 0 N–H and O–H groups in total. The van der Waals surface area contributed by atoms with E-state index in [1.807, 2.05) is 6.92 Å². The number of rotatable bonds is 3. The van der Waals surface area contributed by atoms with Gasteiger partial charge in [-0.05, 0) is 18.5 Å². The first-order valence-electron chi connectivity index (χ1n) is 5.29. The average molecular weight is 244 g/mol. The lowest BCUT2D eigenvalue weighted by Gasteiger charge is -2.28. The van der Waals surface area contributed by atoms with Gasteiger partial charge in [-0.1, -0.05) is 0 Å². The topological polar surface area (TPSA) is 47.5 Å². The summed E-state index contributed by atoms with van der Waals surface area (Å²) in [6, 6.07) is 0. The summed E-state index contributed by atoms with van der Waals surface area (Å²) in [6.45, 7) is 5.52. The van der Waals surface area contributed by atoms with E-state index in [0.717, 1.165) is 18.9 Å². The molecule has 0 radical (unpaired) electrons. The van der Waals surface area contributed by atoms with Crippen molar-refractivity contribution in [1.82, 2.24) is 9.97 Å². The highest BCUT2D eigenvalue weighted by atomic mass is 35.5. The van der Waals surface area contributed by atoms with E-state index >= 15 is 0 Å². The van der Waals surface area contributed by atoms with Crippen LogP contribution < -0.4 is 9.64 Å². The molecule has 1 aromatic heterocycles. The highest BCUT2D eigenvalue weighted by molar-refractivity contribution is 6.28. The molecule has 0 bridgehead atoms. The predicted molar refractivity (Wildman–Crippen MR) is 61.2 cm³/mol. The highest BCUT2D eigenvalue weighted by Gasteiger charge is 2.18. The molecular weight excluding hydrogens is 230 g/mol. The van der Waals surface area contributed by atoms with Crippen molar-refractivity contribution in [2.24, 2.45) is 0 Å². The number of halogens is 1. The number of nitrogens with zero attached hydrogens (tertiary/aromatic N) is 3. The maximum atomic E-state index is 5.80. The second kappa shape index (κ2) is 5.32. The Morgan fingerprint density at radius 2 is 2.25 bits per heavy atom. The third-order valence-electron chi connectivity index (χ3n) is 2.32. The van der Waals surface area contributed by atoms with Crippen molar-refractivity contribution in [1.29, 1.82) is 0 Å². The van der Waals surface area contributed by atoms with Crippen molar-refractivity contribution < 1.29 is 9.47 Å². The zero-order chi connectivity index (χ0) is 11.4. The van der Waals surface area contributed by atoms with E-state index in [1.165, 1.54) is 0 Å². The molecule has 1 aliphatic rings. The molecule has 0 aliphatic carbocycles. The number of anilines is 1. The van der Waals surface area contributed by atoms with Crippen LogP contribution in [-0.4, -0.2) is 42.9 Å². The summed E-state index contributed by atoms with van der Waals surface area (Å²) in [5.41, 5.74) is 0. The van der Waals surface area contributed by atoms with Gasteiger partial charge in [0.05, 0.1) is 26.0 Å². The van der Waals surface area contributed by atoms with E-state index < -0.39 is 0 Å². The van der Waals surface area contributed by atoms with Crippen molar-refractivity contribution >= 4 is 17.4 Å². The van der Waals surface area contributed by atoms with E-state index in [1.54, 1.807) is 6.20 Å². The highest BCUT2D eigenvalue weighted by Crippen LogP contribution is 2.26. The molecule has 1 saturated heterocycles. The van der Waals surface area contributed by atoms with Crippen LogP contribution in [0.1, 0.15) is 6.92 Å². The standard InChI is InChI=1S/C10H14ClN3O2/c1-2-16-8-7-12-10(11)13-9(8)14-3-5-15-6-4-14/h7H,2-6H2,1H3. The van der Waals surface area contributed by atoms with E-state index in [0.29, 0.717) is 25.6 Å². The molecule has 0 aromatic carbocycles. The van der Waals surface area contributed by atoms with Gasteiger partial charge in [0, 0.05) is 13.1 Å². The number of hydrogen-bond acceptors (Lipinski definition) is 5. The predicted octanol–water partition coefficient (Wildman–Crippen LogP) is 1.37. The summed E-state index contributed by atoms with van der Waals surface area (Å²) < 4.78 is 10.8. The number of aromatic nitrogens is 2. The van der Waals surface area contributed by atoms with E-state index in [-0.39, 0.29) is 5.28 Å². The van der Waals surface area contributed by atoms with Gasteiger partial charge in [0.2, 0.25) is 5.28 Å². The minimum Gasteiger partial charge on any atom is -0.488 e. The average Bonchev–Trinajstić information content (AvgIpc) is 2.33. The molecule has 6 heteroatoms. The van der Waals surface area contributed by atoms with Crippen LogP contribution in [0.25, 0.3) is 0 Å². The van der Waals surface area contributed by atoms with E-state index in [9.17, 15) is 0 Å². The van der Waals surface area contributed by atoms with Gasteiger partial charge in [0.25, 0.3) is 0 Å². The Hall–Kier alpha value is -1.07. The maximum absolute atomic E-state index is 5.80. The fourth-order valence-electron chi connectivity index (χ4n) is 1.60. The monoisotopic (exact) mass is 243 g/mol. The van der Waals surface area contributed by atoms with Gasteiger partial charge >= 0.3 is 0 Å². The minimum absolute atomic E-state index is 0.241. The van der Waals surface area contributed by atoms with Crippen LogP contribution in [0.15, 0.2) is 6.20 Å². The fourth-order valence-corrected chi connectivity index (χ4v) is 1.73. The Morgan fingerprint density at radius 3 is 2.94 bits per heavy atom. The van der Waals surface area contributed by atoms with Crippen molar-refractivity contribution in [2.45, 2.75) is 6.92 Å². The lowest BCUT2D eigenvalue weighted by Crippen LogP contribution is -2.37. The molecular formula is C10H14ClN3O2. The van der Waals surface area contributed by atoms with Gasteiger partial charge in [-0.15, -0.1) is 0 Å². The third kappa shape index (κ3) is 2.54. The van der Waals surface area contributed by atoms with Crippen molar-refractivity contribution in [3.8, 4) is 5.75 Å². The van der Waals surface area contributed by atoms with E-state index in [4.69, 9.17) is 21.1 Å². The van der Waals surface area contributed by atoms with Crippen LogP contribution in [0.3, 0.4) is 0 Å². The summed E-state index contributed by atoms with van der Waals surface area (Å²) in [6.07, 6.45) is 1.61. The summed E-state index contributed by atoms with van der Waals surface area (Å²) in [5, 5.41) is 0.241. The van der Waals surface area contributed by atoms with E-state index in [2.05, 4.69) is 14.9 Å². The van der Waals surface area contributed by atoms with Crippen LogP contribution in [-0.2, 0) is 4.74 Å². The largest absolute Gasteiger partial charge is 0.488 e. The van der Waals surface area contributed by atoms with Gasteiger partial charge in [-0.25, -0.2) is 4.98 Å². The van der Waals surface area contributed by atoms with Crippen LogP contribution in [0.5, 0.6) is 5.75 Å². The normalized spacial score (nSPS) is 16.2. The second-order valence-corrected chi connectivity index (χ2v) is 3.70. The van der Waals surface area contributed by atoms with Gasteiger partial charge in [-0.3, -0.25) is 0 Å². The van der Waals surface area contributed by atoms with Gasteiger partial charge in [0.1, 0.15) is 0 Å². The number of morpholine rings is 1. The van der Waals surface area contributed by atoms with Crippen LogP contribution in [0, 0.1) is 0 Å². The Balaban J connectivity index is 2.24. The Morgan fingerprint density at radius 1 is 1.50 bits per heavy atom. The molecule has 0 saturated carbocycles. The summed E-state index contributed by atoms with van der Waals surface area (Å²) in [4.78, 5) is 10.2. The van der Waals surface area contributed by atoms with Crippen molar-refractivity contribution in [3.63, 3.8) is 0 Å². The zero-order valence-electron chi connectivity index (χ0n) is 9.15. The summed E-state index contributed by atoms with van der Waals surface area (Å²) >= 11 is 5.80. The van der Waals surface area contributed by atoms with Crippen LogP contribution in [0.4, 0.5) is 5.82 Å². The molecule has 5 nitrogen and oxygen atoms in total. The fraction of sp³-hybridized carbons (Fsp3) is 0.600. The Labute approximate surface area is 99.3 Å². The van der Waals surface area contributed by atoms with Gasteiger partial charge < -0.3 is 14.4 Å². The molecule has 2 heterocycles. The quantitative estimate of drug-likeness (QED) is 0.751. The molecule has 1 fully saturated rings. The zero-order valence-corrected chi connectivity index (χ0v) is 9.90. The molecule has 16 heavy (non-hydrogen) atoms. The maximum Gasteiger partial charge on any atom is 0.224 e. The SMILES string of the molecule is CCOc1cnc(Cl)nc1N1CCOCC1. The van der Waals surface area contributed by atoms with Crippen LogP contribution >= 0.6 is 11.6 Å². The molecule has 88 valence electrons. The van der Waals surface area contributed by atoms with Crippen molar-refractivity contribution in [2.75, 3.05) is 37.8 Å². The number of ether oxygens (including phenoxy) is 2. The Bertz CT molecular complexity index is 356. The van der Waals surface area contributed by atoms with Crippen molar-refractivity contribution in [3.05, 3.63) is 11.5 Å². The molecule has 0 amide bonds. The molecule has 0 atom stereocenters. The molecule has 1 aromatic rings. The Kier molecular flexibility index (Phi) is 3.79. The molecule has 2 rings (SSSR count). The summed E-state index contributed by atoms with van der Waals surface area (Å²) in [7, 11) is 0. The number of hydrogen-bond donors (Lipinski definition) is 0. The first-order chi connectivity index (χ1) is 7.81. The molecule has 0 spiro atoms. The lowest BCUT2D eigenvalue weighted by molar-refractivity contribution is 0.122. The smallest absolute Gasteiger partial charge is 0.224 e. The molecule has 0 unspecified atom stereocenters. The first-order valence-corrected chi connectivity index (χ1v) is 5.67. The molecule has 1 aliphatic heterocycles. The van der Waals surface area contributed by atoms with Gasteiger partial charge in [-0.2, -0.15) is 4.98 Å². The first kappa shape index (κ1) is 11.4. The lowest BCUT2D eigenvalue weighted by atomic mass is 10.4. The third-order valence-corrected chi connectivity index (χ3v) is 2.50. The minimum atomic E-state index is 0.241. The second-order valence-electron chi connectivity index (χ2n) is 3.36.